The van der Waals surface area contributed by atoms with Gasteiger partial charge in [0.15, 0.2) is 0 Å². The molecule has 27 heavy (non-hydrogen) atoms. The Balaban J connectivity index is 1.76. The molecule has 2 heterocycles. The van der Waals surface area contributed by atoms with Gasteiger partial charge in [0, 0.05) is 37.2 Å². The predicted molar refractivity (Wildman–Crippen MR) is 103 cm³/mol. The number of hydrogen-bond acceptors (Lipinski definition) is 6. The fourth-order valence-electron chi connectivity index (χ4n) is 2.80. The van der Waals surface area contributed by atoms with Gasteiger partial charge in [0.1, 0.15) is 0 Å². The normalized spacial score (nSPS) is 14.2. The monoisotopic (exact) mass is 367 g/mol. The number of benzene rings is 1. The summed E-state index contributed by atoms with van der Waals surface area (Å²) in [6.45, 7) is 2.62. The summed E-state index contributed by atoms with van der Waals surface area (Å²) < 4.78 is 10.3. The van der Waals surface area contributed by atoms with E-state index in [0.29, 0.717) is 37.6 Å². The standard InChI is InChI=1S/C20H21N3O4/c1-26-20(25)17-14-16(3-4-18(17)23-10-12-27-13-11-23)22-19(24)5-2-15-6-8-21-9-7-15/h2-9,14H,10-13H2,1H3,(H,22,24)/b5-2+. The minimum atomic E-state index is -0.445. The van der Waals surface area contributed by atoms with Crippen LogP contribution in [-0.2, 0) is 14.3 Å². The lowest BCUT2D eigenvalue weighted by molar-refractivity contribution is -0.111. The minimum Gasteiger partial charge on any atom is -0.465 e. The first-order valence-corrected chi connectivity index (χ1v) is 8.61. The summed E-state index contributed by atoms with van der Waals surface area (Å²) in [6.07, 6.45) is 6.44. The lowest BCUT2D eigenvalue weighted by atomic mass is 10.1. The number of hydrogen-bond donors (Lipinski definition) is 1. The van der Waals surface area contributed by atoms with Gasteiger partial charge in [-0.3, -0.25) is 9.78 Å². The third kappa shape index (κ3) is 4.92. The van der Waals surface area contributed by atoms with Crippen molar-refractivity contribution in [1.29, 1.82) is 0 Å². The molecule has 0 unspecified atom stereocenters. The van der Waals surface area contributed by atoms with Crippen LogP contribution < -0.4 is 10.2 Å². The summed E-state index contributed by atoms with van der Waals surface area (Å²) in [5.41, 5.74) is 2.58. The Morgan fingerprint density at radius 1 is 1.19 bits per heavy atom. The van der Waals surface area contributed by atoms with Gasteiger partial charge in [0.05, 0.1) is 31.6 Å². The number of morpholine rings is 1. The molecule has 1 aliphatic rings. The Hall–Kier alpha value is -3.19. The average Bonchev–Trinajstić information content (AvgIpc) is 2.73. The second-order valence-corrected chi connectivity index (χ2v) is 5.93. The number of methoxy groups -OCH3 is 1. The van der Waals surface area contributed by atoms with Crippen molar-refractivity contribution in [3.05, 3.63) is 59.9 Å². The summed E-state index contributed by atoms with van der Waals surface area (Å²) >= 11 is 0. The molecular weight excluding hydrogens is 346 g/mol. The molecule has 0 atom stereocenters. The van der Waals surface area contributed by atoms with Crippen LogP contribution in [-0.4, -0.2) is 50.3 Å². The second-order valence-electron chi connectivity index (χ2n) is 5.93. The van der Waals surface area contributed by atoms with Crippen LogP contribution in [0.3, 0.4) is 0 Å². The number of carbonyl (C=O) groups is 2. The quantitative estimate of drug-likeness (QED) is 0.645. The van der Waals surface area contributed by atoms with Crippen molar-refractivity contribution in [3.63, 3.8) is 0 Å². The van der Waals surface area contributed by atoms with Crippen molar-refractivity contribution in [3.8, 4) is 0 Å². The molecule has 0 radical (unpaired) electrons. The van der Waals surface area contributed by atoms with E-state index < -0.39 is 5.97 Å². The van der Waals surface area contributed by atoms with E-state index in [-0.39, 0.29) is 5.91 Å². The van der Waals surface area contributed by atoms with Crippen LogP contribution in [0.4, 0.5) is 11.4 Å². The zero-order chi connectivity index (χ0) is 19.1. The summed E-state index contributed by atoms with van der Waals surface area (Å²) in [4.78, 5) is 30.4. The van der Waals surface area contributed by atoms with Gasteiger partial charge in [-0.25, -0.2) is 4.79 Å². The Morgan fingerprint density at radius 2 is 1.93 bits per heavy atom. The van der Waals surface area contributed by atoms with Gasteiger partial charge in [-0.2, -0.15) is 0 Å². The van der Waals surface area contributed by atoms with E-state index in [4.69, 9.17) is 9.47 Å². The van der Waals surface area contributed by atoms with Crippen molar-refractivity contribution >= 4 is 29.3 Å². The molecule has 7 nitrogen and oxygen atoms in total. The number of esters is 1. The van der Waals surface area contributed by atoms with Crippen molar-refractivity contribution in [2.75, 3.05) is 43.6 Å². The fraction of sp³-hybridized carbons (Fsp3) is 0.250. The highest BCUT2D eigenvalue weighted by molar-refractivity contribution is 6.03. The van der Waals surface area contributed by atoms with Crippen LogP contribution in [0.15, 0.2) is 48.8 Å². The molecule has 3 rings (SSSR count). The van der Waals surface area contributed by atoms with E-state index in [2.05, 4.69) is 15.2 Å². The third-order valence-electron chi connectivity index (χ3n) is 4.15. The lowest BCUT2D eigenvalue weighted by Crippen LogP contribution is -2.37. The van der Waals surface area contributed by atoms with Gasteiger partial charge in [0.2, 0.25) is 5.91 Å². The summed E-state index contributed by atoms with van der Waals surface area (Å²) in [5.74, 6) is -0.735. The predicted octanol–water partition coefficient (Wildman–Crippen LogP) is 2.36. The number of anilines is 2. The van der Waals surface area contributed by atoms with Gasteiger partial charge in [-0.15, -0.1) is 0 Å². The molecule has 7 heteroatoms. The zero-order valence-electron chi connectivity index (χ0n) is 15.1. The number of nitrogens with one attached hydrogen (secondary N) is 1. The topological polar surface area (TPSA) is 80.8 Å². The number of amides is 1. The minimum absolute atomic E-state index is 0.290. The van der Waals surface area contributed by atoms with Crippen molar-refractivity contribution in [2.45, 2.75) is 0 Å². The number of aromatic nitrogens is 1. The first-order valence-electron chi connectivity index (χ1n) is 8.61. The molecule has 1 aromatic heterocycles. The molecule has 2 aromatic rings. The highest BCUT2D eigenvalue weighted by atomic mass is 16.5. The third-order valence-corrected chi connectivity index (χ3v) is 4.15. The van der Waals surface area contributed by atoms with E-state index in [1.54, 1.807) is 42.7 Å². The molecule has 1 N–H and O–H groups in total. The van der Waals surface area contributed by atoms with Crippen LogP contribution in [0, 0.1) is 0 Å². The van der Waals surface area contributed by atoms with Crippen LogP contribution in [0.25, 0.3) is 6.08 Å². The Bertz CT molecular complexity index is 830. The fourth-order valence-corrected chi connectivity index (χ4v) is 2.80. The van der Waals surface area contributed by atoms with E-state index in [0.717, 1.165) is 11.3 Å². The molecule has 1 saturated heterocycles. The molecule has 1 fully saturated rings. The van der Waals surface area contributed by atoms with Crippen LogP contribution in [0.1, 0.15) is 15.9 Å². The summed E-state index contributed by atoms with van der Waals surface area (Å²) in [5, 5.41) is 2.77. The molecule has 0 spiro atoms. The van der Waals surface area contributed by atoms with Crippen LogP contribution >= 0.6 is 0 Å². The number of pyridine rings is 1. The number of nitrogens with zero attached hydrogens (tertiary/aromatic N) is 2. The molecule has 1 aromatic carbocycles. The van der Waals surface area contributed by atoms with Gasteiger partial charge in [-0.05, 0) is 42.0 Å². The Labute approximate surface area is 157 Å². The zero-order valence-corrected chi connectivity index (χ0v) is 15.1. The van der Waals surface area contributed by atoms with Crippen molar-refractivity contribution in [2.24, 2.45) is 0 Å². The molecule has 0 saturated carbocycles. The first-order chi connectivity index (χ1) is 13.2. The molecule has 0 aliphatic carbocycles. The molecule has 0 bridgehead atoms. The van der Waals surface area contributed by atoms with Crippen molar-refractivity contribution < 1.29 is 19.1 Å². The van der Waals surface area contributed by atoms with Gasteiger partial charge in [-0.1, -0.05) is 0 Å². The second kappa shape index (κ2) is 8.95. The van der Waals surface area contributed by atoms with E-state index in [1.807, 2.05) is 6.07 Å². The van der Waals surface area contributed by atoms with Gasteiger partial charge >= 0.3 is 5.97 Å². The van der Waals surface area contributed by atoms with Crippen molar-refractivity contribution in [1.82, 2.24) is 4.98 Å². The highest BCUT2D eigenvalue weighted by Crippen LogP contribution is 2.26. The molecule has 140 valence electrons. The van der Waals surface area contributed by atoms with Gasteiger partial charge in [0.25, 0.3) is 0 Å². The number of rotatable bonds is 5. The SMILES string of the molecule is COC(=O)c1cc(NC(=O)/C=C/c2ccncc2)ccc1N1CCOCC1. The molecule has 1 aliphatic heterocycles. The largest absolute Gasteiger partial charge is 0.465 e. The maximum Gasteiger partial charge on any atom is 0.340 e. The highest BCUT2D eigenvalue weighted by Gasteiger charge is 2.20. The van der Waals surface area contributed by atoms with Crippen LogP contribution in [0.5, 0.6) is 0 Å². The summed E-state index contributed by atoms with van der Waals surface area (Å²) in [7, 11) is 1.34. The molecule has 1 amide bonds. The van der Waals surface area contributed by atoms with Crippen LogP contribution in [0.2, 0.25) is 0 Å². The maximum absolute atomic E-state index is 12.2. The maximum atomic E-state index is 12.2. The van der Waals surface area contributed by atoms with E-state index in [9.17, 15) is 9.59 Å². The molecular formula is C20H21N3O4. The summed E-state index contributed by atoms with van der Waals surface area (Å²) in [6, 6.07) is 8.83. The van der Waals surface area contributed by atoms with E-state index >= 15 is 0 Å². The van der Waals surface area contributed by atoms with Gasteiger partial charge < -0.3 is 19.7 Å². The Kier molecular flexibility index (Phi) is 6.17. The first kappa shape index (κ1) is 18.6. The average molecular weight is 367 g/mol. The lowest BCUT2D eigenvalue weighted by Gasteiger charge is -2.30. The number of carbonyl (C=O) groups excluding carboxylic acids is 2. The van der Waals surface area contributed by atoms with E-state index in [1.165, 1.54) is 13.2 Å². The number of ether oxygens (including phenoxy) is 2. The Morgan fingerprint density at radius 3 is 2.63 bits per heavy atom. The smallest absolute Gasteiger partial charge is 0.340 e.